The number of hydrogen-bond donors (Lipinski definition) is 1. The SMILES string of the molecule is CCCCCCCCCC(=O)C(O)c1cccc(C)c1. The summed E-state index contributed by atoms with van der Waals surface area (Å²) in [7, 11) is 0. The van der Waals surface area contributed by atoms with E-state index in [1.165, 1.54) is 32.1 Å². The highest BCUT2D eigenvalue weighted by Crippen LogP contribution is 2.18. The molecule has 1 atom stereocenters. The van der Waals surface area contributed by atoms with Gasteiger partial charge in [-0.2, -0.15) is 0 Å². The Hall–Kier alpha value is -1.15. The van der Waals surface area contributed by atoms with Gasteiger partial charge in [0.1, 0.15) is 6.10 Å². The lowest BCUT2D eigenvalue weighted by Gasteiger charge is -2.10. The topological polar surface area (TPSA) is 37.3 Å². The third kappa shape index (κ3) is 6.33. The summed E-state index contributed by atoms with van der Waals surface area (Å²) in [5, 5.41) is 10.0. The zero-order chi connectivity index (χ0) is 14.8. The van der Waals surface area contributed by atoms with Gasteiger partial charge in [0, 0.05) is 6.42 Å². The quantitative estimate of drug-likeness (QED) is 0.627. The molecule has 0 fully saturated rings. The summed E-state index contributed by atoms with van der Waals surface area (Å²) in [4.78, 5) is 11.9. The second-order valence-corrected chi connectivity index (χ2v) is 5.65. The number of carbonyl (C=O) groups excluding carboxylic acids is 1. The number of unbranched alkanes of at least 4 members (excludes halogenated alkanes) is 6. The average Bonchev–Trinajstić information content (AvgIpc) is 2.45. The van der Waals surface area contributed by atoms with Crippen LogP contribution in [0, 0.1) is 6.92 Å². The van der Waals surface area contributed by atoms with Crippen molar-refractivity contribution in [3.63, 3.8) is 0 Å². The molecular formula is C18H28O2. The molecule has 0 aliphatic carbocycles. The van der Waals surface area contributed by atoms with E-state index < -0.39 is 6.10 Å². The highest BCUT2D eigenvalue weighted by atomic mass is 16.3. The molecule has 2 heteroatoms. The molecule has 1 aromatic carbocycles. The Bertz CT molecular complexity index is 398. The third-order valence-corrected chi connectivity index (χ3v) is 3.69. The molecule has 112 valence electrons. The number of ketones is 1. The monoisotopic (exact) mass is 276 g/mol. The van der Waals surface area contributed by atoms with Crippen molar-refractivity contribution in [2.45, 2.75) is 71.3 Å². The molecule has 0 aliphatic heterocycles. The van der Waals surface area contributed by atoms with Gasteiger partial charge in [0.05, 0.1) is 0 Å². The standard InChI is InChI=1S/C18H28O2/c1-3-4-5-6-7-8-9-13-17(19)18(20)16-12-10-11-15(2)14-16/h10-12,14,18,20H,3-9,13H2,1-2H3. The van der Waals surface area contributed by atoms with Crippen LogP contribution in [-0.2, 0) is 4.79 Å². The van der Waals surface area contributed by atoms with Crippen LogP contribution in [0.5, 0.6) is 0 Å². The molecular weight excluding hydrogens is 248 g/mol. The molecule has 20 heavy (non-hydrogen) atoms. The molecule has 1 unspecified atom stereocenters. The van der Waals surface area contributed by atoms with Crippen LogP contribution in [0.3, 0.4) is 0 Å². The second kappa shape index (κ2) is 9.71. The van der Waals surface area contributed by atoms with Gasteiger partial charge in [-0.3, -0.25) is 4.79 Å². The van der Waals surface area contributed by atoms with E-state index in [9.17, 15) is 9.90 Å². The summed E-state index contributed by atoms with van der Waals surface area (Å²) in [6, 6.07) is 7.56. The Morgan fingerprint density at radius 1 is 1.10 bits per heavy atom. The number of benzene rings is 1. The third-order valence-electron chi connectivity index (χ3n) is 3.69. The molecule has 0 saturated carbocycles. The Balaban J connectivity index is 2.22. The van der Waals surface area contributed by atoms with Crippen molar-refractivity contribution >= 4 is 5.78 Å². The fourth-order valence-corrected chi connectivity index (χ4v) is 2.42. The van der Waals surface area contributed by atoms with E-state index in [4.69, 9.17) is 0 Å². The van der Waals surface area contributed by atoms with Crippen molar-refractivity contribution in [2.24, 2.45) is 0 Å². The van der Waals surface area contributed by atoms with Crippen molar-refractivity contribution in [1.82, 2.24) is 0 Å². The van der Waals surface area contributed by atoms with Crippen molar-refractivity contribution in [1.29, 1.82) is 0 Å². The maximum Gasteiger partial charge on any atom is 0.165 e. The minimum absolute atomic E-state index is 0.0517. The summed E-state index contributed by atoms with van der Waals surface area (Å²) in [6.07, 6.45) is 7.88. The lowest BCUT2D eigenvalue weighted by atomic mass is 9.99. The fourth-order valence-electron chi connectivity index (χ4n) is 2.42. The zero-order valence-electron chi connectivity index (χ0n) is 12.9. The van der Waals surface area contributed by atoms with Gasteiger partial charge < -0.3 is 5.11 Å². The van der Waals surface area contributed by atoms with Crippen LogP contribution in [0.2, 0.25) is 0 Å². The van der Waals surface area contributed by atoms with Crippen LogP contribution in [0.15, 0.2) is 24.3 Å². The first-order chi connectivity index (χ1) is 9.65. The lowest BCUT2D eigenvalue weighted by Crippen LogP contribution is -2.11. The van der Waals surface area contributed by atoms with Crippen LogP contribution in [0.4, 0.5) is 0 Å². The first-order valence-electron chi connectivity index (χ1n) is 7.92. The van der Waals surface area contributed by atoms with Gasteiger partial charge in [-0.15, -0.1) is 0 Å². The van der Waals surface area contributed by atoms with E-state index in [1.54, 1.807) is 0 Å². The van der Waals surface area contributed by atoms with Crippen molar-refractivity contribution in [3.05, 3.63) is 35.4 Å². The highest BCUT2D eigenvalue weighted by molar-refractivity contribution is 5.84. The minimum atomic E-state index is -0.949. The fraction of sp³-hybridized carbons (Fsp3) is 0.611. The number of aliphatic hydroxyl groups is 1. The van der Waals surface area contributed by atoms with Gasteiger partial charge in [0.2, 0.25) is 0 Å². The van der Waals surface area contributed by atoms with Crippen LogP contribution >= 0.6 is 0 Å². The van der Waals surface area contributed by atoms with E-state index in [1.807, 2.05) is 31.2 Å². The molecule has 1 aromatic rings. The first kappa shape index (κ1) is 16.9. The average molecular weight is 276 g/mol. The van der Waals surface area contributed by atoms with E-state index in [0.717, 1.165) is 24.0 Å². The van der Waals surface area contributed by atoms with E-state index >= 15 is 0 Å². The number of carbonyl (C=O) groups is 1. The van der Waals surface area contributed by atoms with Crippen molar-refractivity contribution in [3.8, 4) is 0 Å². The summed E-state index contributed by atoms with van der Waals surface area (Å²) in [6.45, 7) is 4.18. The molecule has 0 aliphatic rings. The lowest BCUT2D eigenvalue weighted by molar-refractivity contribution is -0.127. The van der Waals surface area contributed by atoms with Crippen LogP contribution in [0.1, 0.15) is 75.5 Å². The molecule has 1 N–H and O–H groups in total. The van der Waals surface area contributed by atoms with E-state index in [-0.39, 0.29) is 5.78 Å². The van der Waals surface area contributed by atoms with Gasteiger partial charge in [-0.05, 0) is 18.9 Å². The molecule has 1 rings (SSSR count). The number of Topliss-reactive ketones (excluding diaryl/α,β-unsaturated/α-hetero) is 1. The van der Waals surface area contributed by atoms with Crippen LogP contribution < -0.4 is 0 Å². The molecule has 0 spiro atoms. The molecule has 0 aromatic heterocycles. The first-order valence-corrected chi connectivity index (χ1v) is 7.92. The van der Waals surface area contributed by atoms with Gasteiger partial charge in [0.25, 0.3) is 0 Å². The maximum absolute atomic E-state index is 11.9. The number of hydrogen-bond acceptors (Lipinski definition) is 2. The summed E-state index contributed by atoms with van der Waals surface area (Å²) in [5.74, 6) is -0.0517. The molecule has 2 nitrogen and oxygen atoms in total. The molecule has 0 heterocycles. The molecule has 0 amide bonds. The predicted molar refractivity (Wildman–Crippen MR) is 83.8 cm³/mol. The van der Waals surface area contributed by atoms with Crippen molar-refractivity contribution in [2.75, 3.05) is 0 Å². The highest BCUT2D eigenvalue weighted by Gasteiger charge is 2.16. The summed E-state index contributed by atoms with van der Waals surface area (Å²) < 4.78 is 0. The number of aryl methyl sites for hydroxylation is 1. The Morgan fingerprint density at radius 3 is 2.40 bits per heavy atom. The smallest absolute Gasteiger partial charge is 0.165 e. The largest absolute Gasteiger partial charge is 0.381 e. The number of aliphatic hydroxyl groups excluding tert-OH is 1. The van der Waals surface area contributed by atoms with Gasteiger partial charge in [-0.25, -0.2) is 0 Å². The minimum Gasteiger partial charge on any atom is -0.381 e. The molecule has 0 bridgehead atoms. The van der Waals surface area contributed by atoms with Gasteiger partial charge in [0.15, 0.2) is 5.78 Å². The predicted octanol–water partition coefficient (Wildman–Crippen LogP) is 4.74. The second-order valence-electron chi connectivity index (χ2n) is 5.65. The van der Waals surface area contributed by atoms with Crippen LogP contribution in [-0.4, -0.2) is 10.9 Å². The van der Waals surface area contributed by atoms with Gasteiger partial charge >= 0.3 is 0 Å². The maximum atomic E-state index is 11.9. The Kier molecular flexibility index (Phi) is 8.20. The Morgan fingerprint density at radius 2 is 1.75 bits per heavy atom. The summed E-state index contributed by atoms with van der Waals surface area (Å²) in [5.41, 5.74) is 1.79. The van der Waals surface area contributed by atoms with Crippen molar-refractivity contribution < 1.29 is 9.90 Å². The normalized spacial score (nSPS) is 12.3. The molecule has 0 saturated heterocycles. The molecule has 0 radical (unpaired) electrons. The summed E-state index contributed by atoms with van der Waals surface area (Å²) >= 11 is 0. The van der Waals surface area contributed by atoms with E-state index in [2.05, 4.69) is 6.92 Å². The van der Waals surface area contributed by atoms with Crippen LogP contribution in [0.25, 0.3) is 0 Å². The zero-order valence-corrected chi connectivity index (χ0v) is 12.9. The van der Waals surface area contributed by atoms with Gasteiger partial charge in [-0.1, -0.05) is 75.3 Å². The number of rotatable bonds is 10. The Labute approximate surface area is 123 Å². The van der Waals surface area contributed by atoms with E-state index in [0.29, 0.717) is 6.42 Å².